The summed E-state index contributed by atoms with van der Waals surface area (Å²) in [5.74, 6) is -1.67. The van der Waals surface area contributed by atoms with E-state index in [9.17, 15) is 14.4 Å². The summed E-state index contributed by atoms with van der Waals surface area (Å²) in [6.07, 6.45) is 10.3. The van der Waals surface area contributed by atoms with Gasteiger partial charge in [0.2, 0.25) is 17.7 Å². The zero-order valence-electron chi connectivity index (χ0n) is 22.8. The summed E-state index contributed by atoms with van der Waals surface area (Å²) >= 11 is 1.59. The number of benzene rings is 2. The van der Waals surface area contributed by atoms with Gasteiger partial charge in [-0.05, 0) is 43.4 Å². The van der Waals surface area contributed by atoms with Crippen LogP contribution in [-0.2, 0) is 25.7 Å². The molecule has 210 valence electrons. The van der Waals surface area contributed by atoms with E-state index in [1.165, 1.54) is 6.42 Å². The minimum atomic E-state index is -1.20. The summed E-state index contributed by atoms with van der Waals surface area (Å²) in [7, 11) is 1.59. The lowest BCUT2D eigenvalue weighted by Crippen LogP contribution is -2.56. The van der Waals surface area contributed by atoms with Gasteiger partial charge in [0, 0.05) is 22.2 Å². The number of likely N-dealkylation sites (tertiary alicyclic amines) is 1. The van der Waals surface area contributed by atoms with Gasteiger partial charge in [-0.3, -0.25) is 14.4 Å². The molecule has 8 nitrogen and oxygen atoms in total. The number of thioether (sulfide) groups is 1. The van der Waals surface area contributed by atoms with Gasteiger partial charge >= 0.3 is 0 Å². The highest BCUT2D eigenvalue weighted by molar-refractivity contribution is 7.98. The Morgan fingerprint density at radius 3 is 2.67 bits per heavy atom. The van der Waals surface area contributed by atoms with Crippen molar-refractivity contribution in [1.29, 1.82) is 0 Å². The Morgan fingerprint density at radius 1 is 1.10 bits per heavy atom. The van der Waals surface area contributed by atoms with Crippen LogP contribution in [0.4, 0.5) is 5.69 Å². The molecule has 3 aliphatic heterocycles. The molecule has 1 aliphatic carbocycles. The van der Waals surface area contributed by atoms with Crippen LogP contribution >= 0.6 is 11.8 Å². The van der Waals surface area contributed by atoms with Crippen LogP contribution in [0.3, 0.4) is 0 Å². The average molecular weight is 562 g/mol. The monoisotopic (exact) mass is 561 g/mol. The molecule has 5 unspecified atom stereocenters. The number of carbonyl (C=O) groups excluding carboxylic acids is 3. The van der Waals surface area contributed by atoms with Gasteiger partial charge < -0.3 is 25.0 Å². The maximum Gasteiger partial charge on any atom is 0.246 e. The van der Waals surface area contributed by atoms with Crippen molar-refractivity contribution in [2.75, 3.05) is 18.7 Å². The molecule has 5 atom stereocenters. The summed E-state index contributed by atoms with van der Waals surface area (Å²) in [4.78, 5) is 44.6. The maximum atomic E-state index is 14.3. The molecule has 1 spiro atoms. The second-order valence-electron chi connectivity index (χ2n) is 11.0. The number of methoxy groups -OCH3 is 1. The molecule has 3 heterocycles. The first-order valence-electron chi connectivity index (χ1n) is 14.0. The Hall–Kier alpha value is -3.30. The van der Waals surface area contributed by atoms with E-state index < -0.39 is 29.6 Å². The molecule has 2 aromatic rings. The smallest absolute Gasteiger partial charge is 0.246 e. The van der Waals surface area contributed by atoms with Crippen LogP contribution in [0.1, 0.15) is 37.7 Å². The molecular formula is C31H35N3O5S. The Bertz CT molecular complexity index is 1340. The third-order valence-electron chi connectivity index (χ3n) is 8.75. The molecule has 0 radical (unpaired) electrons. The second-order valence-corrected chi connectivity index (χ2v) is 11.9. The second kappa shape index (κ2) is 10.9. The first-order valence-corrected chi connectivity index (χ1v) is 15.2. The molecule has 3 fully saturated rings. The van der Waals surface area contributed by atoms with E-state index in [1.807, 2.05) is 66.9 Å². The highest BCUT2D eigenvalue weighted by Crippen LogP contribution is 2.55. The van der Waals surface area contributed by atoms with Crippen molar-refractivity contribution >= 4 is 35.2 Å². The zero-order valence-corrected chi connectivity index (χ0v) is 23.6. The topological polar surface area (TPSA) is 97.0 Å². The van der Waals surface area contributed by atoms with Crippen LogP contribution in [0.25, 0.3) is 0 Å². The Kier molecular flexibility index (Phi) is 7.35. The highest BCUT2D eigenvalue weighted by atomic mass is 32.2. The van der Waals surface area contributed by atoms with Gasteiger partial charge in [0.25, 0.3) is 0 Å². The van der Waals surface area contributed by atoms with Crippen molar-refractivity contribution in [2.45, 2.75) is 67.3 Å². The Labute approximate surface area is 238 Å². The largest absolute Gasteiger partial charge is 0.496 e. The number of hydrogen-bond acceptors (Lipinski definition) is 6. The van der Waals surface area contributed by atoms with Crippen LogP contribution in [0, 0.1) is 11.8 Å². The zero-order chi connectivity index (χ0) is 27.9. The first kappa shape index (κ1) is 26.9. The quantitative estimate of drug-likeness (QED) is 0.371. The lowest BCUT2D eigenvalue weighted by molar-refractivity contribution is -0.142. The summed E-state index contributed by atoms with van der Waals surface area (Å²) in [5.41, 5.74) is 0.255. The molecule has 4 aliphatic rings. The Morgan fingerprint density at radius 2 is 1.90 bits per heavy atom. The average Bonchev–Trinajstić information content (AvgIpc) is 3.61. The highest BCUT2D eigenvalue weighted by Gasteiger charge is 2.72. The molecular weight excluding hydrogens is 526 g/mol. The minimum Gasteiger partial charge on any atom is -0.496 e. The summed E-state index contributed by atoms with van der Waals surface area (Å²) in [5, 5.41) is 6.24. The van der Waals surface area contributed by atoms with E-state index in [4.69, 9.17) is 9.47 Å². The summed E-state index contributed by atoms with van der Waals surface area (Å²) in [6.45, 7) is 0.176. The number of rotatable bonds is 8. The van der Waals surface area contributed by atoms with Crippen LogP contribution < -0.4 is 15.4 Å². The molecule has 0 aromatic heterocycles. The van der Waals surface area contributed by atoms with Gasteiger partial charge in [-0.15, -0.1) is 11.8 Å². The molecule has 2 N–H and O–H groups in total. The van der Waals surface area contributed by atoms with E-state index in [0.29, 0.717) is 11.4 Å². The van der Waals surface area contributed by atoms with Crippen molar-refractivity contribution in [2.24, 2.45) is 11.8 Å². The van der Waals surface area contributed by atoms with Gasteiger partial charge in [-0.25, -0.2) is 0 Å². The number of anilines is 1. The number of hydrogen-bond donors (Lipinski definition) is 2. The molecule has 9 heteroatoms. The van der Waals surface area contributed by atoms with Crippen molar-refractivity contribution in [1.82, 2.24) is 10.2 Å². The van der Waals surface area contributed by atoms with Crippen LogP contribution in [0.15, 0.2) is 65.6 Å². The summed E-state index contributed by atoms with van der Waals surface area (Å²) < 4.78 is 12.0. The van der Waals surface area contributed by atoms with E-state index in [0.717, 1.165) is 36.1 Å². The van der Waals surface area contributed by atoms with Crippen LogP contribution in [-0.4, -0.2) is 59.8 Å². The summed E-state index contributed by atoms with van der Waals surface area (Å²) in [6, 6.07) is 14.3. The van der Waals surface area contributed by atoms with E-state index >= 15 is 0 Å². The molecule has 6 rings (SSSR count). The molecule has 3 amide bonds. The van der Waals surface area contributed by atoms with Crippen molar-refractivity contribution in [3.63, 3.8) is 0 Å². The van der Waals surface area contributed by atoms with Crippen molar-refractivity contribution in [3.8, 4) is 5.75 Å². The first-order chi connectivity index (χ1) is 19.4. The van der Waals surface area contributed by atoms with Crippen molar-refractivity contribution in [3.05, 3.63) is 66.2 Å². The van der Waals surface area contributed by atoms with Gasteiger partial charge in [0.05, 0.1) is 31.6 Å². The van der Waals surface area contributed by atoms with E-state index in [2.05, 4.69) is 10.6 Å². The van der Waals surface area contributed by atoms with Gasteiger partial charge in [0.15, 0.2) is 0 Å². The fraction of sp³-hybridized carbons (Fsp3) is 0.452. The van der Waals surface area contributed by atoms with Crippen molar-refractivity contribution < 1.29 is 23.9 Å². The molecule has 1 saturated carbocycles. The van der Waals surface area contributed by atoms with Gasteiger partial charge in [-0.1, -0.05) is 55.7 Å². The van der Waals surface area contributed by atoms with Crippen LogP contribution in [0.5, 0.6) is 5.75 Å². The predicted octanol–water partition coefficient (Wildman–Crippen LogP) is 4.16. The molecule has 2 saturated heterocycles. The third-order valence-corrected chi connectivity index (χ3v) is 9.47. The SMILES string of the molecule is COc1ccccc1CN1C(=O)C2C(C(=O)Nc3cccc(SC)c3)C3C=CC2(O3)C1C(=O)NC1CCCCC1. The lowest BCUT2D eigenvalue weighted by atomic mass is 9.74. The van der Waals surface area contributed by atoms with E-state index in [-0.39, 0.29) is 30.3 Å². The number of para-hydroxylation sites is 1. The van der Waals surface area contributed by atoms with E-state index in [1.54, 1.807) is 23.8 Å². The number of ether oxygens (including phenoxy) is 2. The number of nitrogens with zero attached hydrogens (tertiary/aromatic N) is 1. The van der Waals surface area contributed by atoms with Crippen LogP contribution in [0.2, 0.25) is 0 Å². The maximum absolute atomic E-state index is 14.3. The van der Waals surface area contributed by atoms with Gasteiger partial charge in [-0.2, -0.15) is 0 Å². The minimum absolute atomic E-state index is 0.0744. The third kappa shape index (κ3) is 4.59. The fourth-order valence-corrected chi connectivity index (χ4v) is 7.37. The standard InChI is InChI=1S/C31H35N3O5S/c1-38-23-14-7-6-9-19(23)18-34-27(29(36)32-20-10-4-3-5-11-20)31-16-15-24(39-31)25(26(31)30(34)37)28(35)33-21-12-8-13-22(17-21)40-2/h6-9,12-17,20,24-27H,3-5,10-11,18H2,1-2H3,(H,32,36)(H,33,35). The Balaban J connectivity index is 1.33. The fourth-order valence-electron chi connectivity index (χ4n) is 6.91. The normalized spacial score (nSPS) is 28.9. The molecule has 2 aromatic carbocycles. The molecule has 40 heavy (non-hydrogen) atoms. The van der Waals surface area contributed by atoms with Gasteiger partial charge in [0.1, 0.15) is 17.4 Å². The predicted molar refractivity (Wildman–Crippen MR) is 153 cm³/mol. The number of fused-ring (bicyclic) bond motifs is 1. The number of amides is 3. The number of carbonyl (C=O) groups is 3. The lowest BCUT2D eigenvalue weighted by Gasteiger charge is -2.34. The molecule has 2 bridgehead atoms. The number of nitrogens with one attached hydrogen (secondary N) is 2.